The van der Waals surface area contributed by atoms with Crippen molar-refractivity contribution in [2.45, 2.75) is 65.1 Å². The molecule has 1 aliphatic carbocycles. The summed E-state index contributed by atoms with van der Waals surface area (Å²) >= 11 is 6.61. The van der Waals surface area contributed by atoms with E-state index in [0.29, 0.717) is 36.1 Å². The van der Waals surface area contributed by atoms with Crippen molar-refractivity contribution in [3.63, 3.8) is 0 Å². The number of benzene rings is 1. The molecule has 2 N–H and O–H groups in total. The number of alkyl halides is 3. The number of hydrogen-bond acceptors (Lipinski definition) is 4. The standard InChI is InChI=1S/C24H32ClF3N4O2/c1-5-20-31-21(23(33)29-13-16-8-6-14(2)7-9-16)22(25)32(20)18-11-10-17(12-19(18)34-4)30-15(3)24(26,27)28/h10-12,14-16,30H,5-9,13H2,1-4H3,(H,29,33)/t14?,15-,16?/m1/s1. The summed E-state index contributed by atoms with van der Waals surface area (Å²) in [5, 5.41) is 5.53. The zero-order valence-electron chi connectivity index (χ0n) is 19.9. The van der Waals surface area contributed by atoms with Crippen LogP contribution in [-0.2, 0) is 6.42 Å². The number of carbonyl (C=O) groups is 1. The Hall–Kier alpha value is -2.42. The lowest BCUT2D eigenvalue weighted by Crippen LogP contribution is -2.33. The first-order valence-electron chi connectivity index (χ1n) is 11.6. The maximum atomic E-state index is 12.9. The van der Waals surface area contributed by atoms with E-state index in [-0.39, 0.29) is 22.4 Å². The van der Waals surface area contributed by atoms with Crippen molar-refractivity contribution in [3.8, 4) is 11.4 Å². The van der Waals surface area contributed by atoms with Gasteiger partial charge in [0.2, 0.25) is 0 Å². The molecule has 1 amide bonds. The highest BCUT2D eigenvalue weighted by molar-refractivity contribution is 6.33. The van der Waals surface area contributed by atoms with Gasteiger partial charge in [0.1, 0.15) is 22.8 Å². The van der Waals surface area contributed by atoms with E-state index in [1.807, 2.05) is 6.92 Å². The summed E-state index contributed by atoms with van der Waals surface area (Å²) in [5.41, 5.74) is 0.861. The molecule has 0 radical (unpaired) electrons. The predicted octanol–water partition coefficient (Wildman–Crippen LogP) is 6.02. The summed E-state index contributed by atoms with van der Waals surface area (Å²) in [6, 6.07) is 2.85. The Morgan fingerprint density at radius 3 is 2.56 bits per heavy atom. The number of nitrogens with zero attached hydrogens (tertiary/aromatic N) is 2. The van der Waals surface area contributed by atoms with Gasteiger partial charge in [0.05, 0.1) is 12.8 Å². The number of ether oxygens (including phenoxy) is 1. The molecule has 2 aromatic rings. The third kappa shape index (κ3) is 5.98. The number of anilines is 1. The summed E-state index contributed by atoms with van der Waals surface area (Å²) in [4.78, 5) is 17.3. The van der Waals surface area contributed by atoms with Gasteiger partial charge in [0.15, 0.2) is 5.69 Å². The van der Waals surface area contributed by atoms with Gasteiger partial charge in [-0.3, -0.25) is 9.36 Å². The maximum absolute atomic E-state index is 12.9. The molecule has 10 heteroatoms. The third-order valence-corrected chi connectivity index (χ3v) is 6.75. The Kier molecular flexibility index (Phi) is 8.38. The average Bonchev–Trinajstić information content (AvgIpc) is 3.13. The van der Waals surface area contributed by atoms with Crippen LogP contribution >= 0.6 is 11.6 Å². The molecule has 1 heterocycles. The van der Waals surface area contributed by atoms with Crippen molar-refractivity contribution in [2.75, 3.05) is 19.0 Å². The van der Waals surface area contributed by atoms with E-state index >= 15 is 0 Å². The number of methoxy groups -OCH3 is 1. The topological polar surface area (TPSA) is 68.2 Å². The van der Waals surface area contributed by atoms with Gasteiger partial charge in [-0.25, -0.2) is 4.98 Å². The minimum atomic E-state index is -4.38. The van der Waals surface area contributed by atoms with E-state index in [1.165, 1.54) is 32.1 Å². The molecule has 1 aliphatic rings. The molecule has 1 saturated carbocycles. The van der Waals surface area contributed by atoms with E-state index in [4.69, 9.17) is 16.3 Å². The Morgan fingerprint density at radius 1 is 1.29 bits per heavy atom. The number of amides is 1. The van der Waals surface area contributed by atoms with Crippen LogP contribution in [0.25, 0.3) is 5.69 Å². The van der Waals surface area contributed by atoms with Crippen LogP contribution in [0.4, 0.5) is 18.9 Å². The van der Waals surface area contributed by atoms with Crippen LogP contribution in [-0.4, -0.2) is 41.3 Å². The molecule has 0 saturated heterocycles. The van der Waals surface area contributed by atoms with E-state index in [9.17, 15) is 18.0 Å². The maximum Gasteiger partial charge on any atom is 0.408 e. The fourth-order valence-electron chi connectivity index (χ4n) is 4.21. The van der Waals surface area contributed by atoms with Crippen LogP contribution in [0.3, 0.4) is 0 Å². The molecule has 1 aromatic heterocycles. The largest absolute Gasteiger partial charge is 0.494 e. The summed E-state index contributed by atoms with van der Waals surface area (Å²) < 4.78 is 45.8. The summed E-state index contributed by atoms with van der Waals surface area (Å²) in [6.45, 7) is 5.76. The SMILES string of the molecule is CCc1nc(C(=O)NCC2CCC(C)CC2)c(Cl)n1-c1ccc(N[C@H](C)C(F)(F)F)cc1OC. The van der Waals surface area contributed by atoms with E-state index in [0.717, 1.165) is 25.7 Å². The predicted molar refractivity (Wildman–Crippen MR) is 127 cm³/mol. The first-order chi connectivity index (χ1) is 16.0. The minimum Gasteiger partial charge on any atom is -0.494 e. The molecule has 1 fully saturated rings. The van der Waals surface area contributed by atoms with Gasteiger partial charge in [0.25, 0.3) is 5.91 Å². The summed E-state index contributed by atoms with van der Waals surface area (Å²) in [6.07, 6.45) is 0.627. The second kappa shape index (κ2) is 10.9. The van der Waals surface area contributed by atoms with Gasteiger partial charge in [0, 0.05) is 24.7 Å². The Labute approximate surface area is 203 Å². The first kappa shape index (κ1) is 26.2. The van der Waals surface area contributed by atoms with Crippen molar-refractivity contribution in [3.05, 3.63) is 34.9 Å². The fraction of sp³-hybridized carbons (Fsp3) is 0.583. The summed E-state index contributed by atoms with van der Waals surface area (Å²) in [7, 11) is 1.42. The van der Waals surface area contributed by atoms with Crippen molar-refractivity contribution in [1.82, 2.24) is 14.9 Å². The molecule has 188 valence electrons. The quantitative estimate of drug-likeness (QED) is 0.465. The number of halogens is 4. The lowest BCUT2D eigenvalue weighted by atomic mass is 9.83. The van der Waals surface area contributed by atoms with Crippen LogP contribution in [0.15, 0.2) is 18.2 Å². The second-order valence-electron chi connectivity index (χ2n) is 8.99. The highest BCUT2D eigenvalue weighted by Crippen LogP contribution is 2.34. The number of aryl methyl sites for hydroxylation is 1. The molecule has 0 bridgehead atoms. The molecular formula is C24H32ClF3N4O2. The van der Waals surface area contributed by atoms with Crippen LogP contribution in [0.2, 0.25) is 5.15 Å². The highest BCUT2D eigenvalue weighted by atomic mass is 35.5. The van der Waals surface area contributed by atoms with Crippen molar-refractivity contribution >= 4 is 23.2 Å². The zero-order valence-corrected chi connectivity index (χ0v) is 20.7. The van der Waals surface area contributed by atoms with Crippen LogP contribution in [0, 0.1) is 11.8 Å². The van der Waals surface area contributed by atoms with Gasteiger partial charge in [-0.1, -0.05) is 38.3 Å². The average molecular weight is 501 g/mol. The van der Waals surface area contributed by atoms with Crippen molar-refractivity contribution in [2.24, 2.45) is 11.8 Å². The van der Waals surface area contributed by atoms with E-state index in [2.05, 4.69) is 22.5 Å². The summed E-state index contributed by atoms with van der Waals surface area (Å²) in [5.74, 6) is 1.69. The molecule has 0 unspecified atom stereocenters. The Balaban J connectivity index is 1.83. The van der Waals surface area contributed by atoms with Crippen LogP contribution in [0.1, 0.15) is 62.8 Å². The molecule has 0 spiro atoms. The third-order valence-electron chi connectivity index (χ3n) is 6.40. The number of nitrogens with one attached hydrogen (secondary N) is 2. The number of aromatic nitrogens is 2. The molecule has 6 nitrogen and oxygen atoms in total. The molecule has 1 aromatic carbocycles. The number of rotatable bonds is 8. The van der Waals surface area contributed by atoms with Crippen LogP contribution < -0.4 is 15.4 Å². The van der Waals surface area contributed by atoms with Crippen molar-refractivity contribution in [1.29, 1.82) is 0 Å². The van der Waals surface area contributed by atoms with Gasteiger partial charge in [-0.05, 0) is 43.7 Å². The van der Waals surface area contributed by atoms with Gasteiger partial charge >= 0.3 is 6.18 Å². The fourth-order valence-corrected chi connectivity index (χ4v) is 4.53. The molecule has 34 heavy (non-hydrogen) atoms. The van der Waals surface area contributed by atoms with E-state index < -0.39 is 12.2 Å². The second-order valence-corrected chi connectivity index (χ2v) is 9.34. The van der Waals surface area contributed by atoms with Gasteiger partial charge in [-0.2, -0.15) is 13.2 Å². The minimum absolute atomic E-state index is 0.123. The molecule has 3 rings (SSSR count). The number of carbonyl (C=O) groups excluding carboxylic acids is 1. The normalized spacial score (nSPS) is 19.5. The van der Waals surface area contributed by atoms with Crippen LogP contribution in [0.5, 0.6) is 5.75 Å². The Bertz CT molecular complexity index is 1000. The molecule has 0 aliphatic heterocycles. The highest BCUT2D eigenvalue weighted by Gasteiger charge is 2.36. The Morgan fingerprint density at radius 2 is 1.97 bits per heavy atom. The van der Waals surface area contributed by atoms with Crippen molar-refractivity contribution < 1.29 is 22.7 Å². The monoisotopic (exact) mass is 500 g/mol. The van der Waals surface area contributed by atoms with E-state index in [1.54, 1.807) is 10.6 Å². The number of imidazole rings is 1. The lowest BCUT2D eigenvalue weighted by Gasteiger charge is -2.26. The number of hydrogen-bond donors (Lipinski definition) is 2. The smallest absolute Gasteiger partial charge is 0.408 e. The van der Waals surface area contributed by atoms with Gasteiger partial charge < -0.3 is 15.4 Å². The zero-order chi connectivity index (χ0) is 25.0. The lowest BCUT2D eigenvalue weighted by molar-refractivity contribution is -0.138. The van der Waals surface area contributed by atoms with Gasteiger partial charge in [-0.15, -0.1) is 0 Å². The first-order valence-corrected chi connectivity index (χ1v) is 12.0. The molecular weight excluding hydrogens is 469 g/mol. The molecule has 1 atom stereocenters.